The van der Waals surface area contributed by atoms with Crippen LogP contribution in [0.25, 0.3) is 0 Å². The summed E-state index contributed by atoms with van der Waals surface area (Å²) in [5.74, 6) is 1.78. The molecule has 0 aromatic carbocycles. The minimum Gasteiger partial charge on any atom is -0.351 e. The molecule has 1 aliphatic rings. The molecule has 1 fully saturated rings. The second-order valence-corrected chi connectivity index (χ2v) is 9.66. The van der Waals surface area contributed by atoms with Crippen molar-refractivity contribution < 1.29 is 0 Å². The predicted molar refractivity (Wildman–Crippen MR) is 138 cm³/mol. The molecule has 2 heterocycles. The summed E-state index contributed by atoms with van der Waals surface area (Å²) in [5.41, 5.74) is 0.126. The van der Waals surface area contributed by atoms with Crippen LogP contribution in [-0.4, -0.2) is 70.2 Å². The first-order chi connectivity index (χ1) is 15.1. The van der Waals surface area contributed by atoms with Gasteiger partial charge in [-0.1, -0.05) is 24.3 Å². The van der Waals surface area contributed by atoms with Crippen LogP contribution in [0.2, 0.25) is 0 Å². The Morgan fingerprint density at radius 1 is 0.812 bits per heavy atom. The van der Waals surface area contributed by atoms with Gasteiger partial charge in [-0.05, 0) is 47.6 Å². The van der Waals surface area contributed by atoms with Gasteiger partial charge >= 0.3 is 0 Å². The zero-order valence-corrected chi connectivity index (χ0v) is 20.6. The standard InChI is InChI=1S/C25H41N7/c1-10-14-31(15-11-2)22-27-21(28-23(29-22)32(16-12-3)17-13-4)26-20-18-24(5,6)30(9)25(7,8)19-20/h10-13,20H,1-4,14-19H2,5-9H3,(H,26,27,28,29). The van der Waals surface area contributed by atoms with Crippen molar-refractivity contribution in [3.8, 4) is 0 Å². The minimum absolute atomic E-state index is 0.0630. The van der Waals surface area contributed by atoms with Crippen molar-refractivity contribution in [2.75, 3.05) is 48.3 Å². The fourth-order valence-electron chi connectivity index (χ4n) is 4.46. The lowest BCUT2D eigenvalue weighted by Gasteiger charge is -2.53. The van der Waals surface area contributed by atoms with Crippen LogP contribution in [0.1, 0.15) is 40.5 Å². The van der Waals surface area contributed by atoms with Gasteiger partial charge in [0.15, 0.2) is 0 Å². The van der Waals surface area contributed by atoms with E-state index in [9.17, 15) is 0 Å². The lowest BCUT2D eigenvalue weighted by molar-refractivity contribution is -0.00778. The summed E-state index contributed by atoms with van der Waals surface area (Å²) in [6.07, 6.45) is 9.35. The van der Waals surface area contributed by atoms with Gasteiger partial charge in [0.1, 0.15) is 0 Å². The third-order valence-corrected chi connectivity index (χ3v) is 6.22. The molecule has 0 unspecified atom stereocenters. The summed E-state index contributed by atoms with van der Waals surface area (Å²) in [6, 6.07) is 0.249. The van der Waals surface area contributed by atoms with Crippen molar-refractivity contribution >= 4 is 17.8 Å². The van der Waals surface area contributed by atoms with Crippen LogP contribution in [0.5, 0.6) is 0 Å². The molecule has 1 aliphatic heterocycles. The number of hydrogen-bond donors (Lipinski definition) is 1. The monoisotopic (exact) mass is 439 g/mol. The van der Waals surface area contributed by atoms with Gasteiger partial charge in [0.25, 0.3) is 0 Å². The van der Waals surface area contributed by atoms with Crippen molar-refractivity contribution in [2.24, 2.45) is 0 Å². The van der Waals surface area contributed by atoms with E-state index in [0.717, 1.165) is 12.8 Å². The second-order valence-electron chi connectivity index (χ2n) is 9.66. The highest BCUT2D eigenvalue weighted by Crippen LogP contribution is 2.37. The Morgan fingerprint density at radius 3 is 1.53 bits per heavy atom. The van der Waals surface area contributed by atoms with Gasteiger partial charge in [-0.25, -0.2) is 0 Å². The minimum atomic E-state index is 0.0630. The highest BCUT2D eigenvalue weighted by Gasteiger charge is 2.43. The Morgan fingerprint density at radius 2 is 1.19 bits per heavy atom. The third-order valence-electron chi connectivity index (χ3n) is 6.22. The molecule has 1 saturated heterocycles. The first-order valence-corrected chi connectivity index (χ1v) is 11.3. The van der Waals surface area contributed by atoms with Crippen LogP contribution < -0.4 is 15.1 Å². The Bertz CT molecular complexity index is 734. The highest BCUT2D eigenvalue weighted by atomic mass is 15.4. The second kappa shape index (κ2) is 10.8. The van der Waals surface area contributed by atoms with Gasteiger partial charge in [0, 0.05) is 43.3 Å². The van der Waals surface area contributed by atoms with Crippen molar-refractivity contribution in [3.63, 3.8) is 0 Å². The maximum absolute atomic E-state index is 4.79. The Kier molecular flexibility index (Phi) is 8.61. The molecular formula is C25H41N7. The van der Waals surface area contributed by atoms with E-state index in [0.29, 0.717) is 44.0 Å². The van der Waals surface area contributed by atoms with Crippen molar-refractivity contribution in [1.82, 2.24) is 19.9 Å². The molecule has 0 spiro atoms. The molecule has 0 saturated carbocycles. The number of piperidine rings is 1. The molecule has 1 N–H and O–H groups in total. The summed E-state index contributed by atoms with van der Waals surface area (Å²) in [5, 5.41) is 3.63. The van der Waals surface area contributed by atoms with E-state index >= 15 is 0 Å². The van der Waals surface area contributed by atoms with Crippen LogP contribution in [0.15, 0.2) is 50.6 Å². The number of nitrogens with one attached hydrogen (secondary N) is 1. The highest BCUT2D eigenvalue weighted by molar-refractivity contribution is 5.47. The molecule has 0 amide bonds. The molecule has 0 atom stereocenters. The largest absolute Gasteiger partial charge is 0.351 e. The average Bonchev–Trinajstić information content (AvgIpc) is 2.71. The van der Waals surface area contributed by atoms with Crippen molar-refractivity contribution in [3.05, 3.63) is 50.6 Å². The number of aromatic nitrogens is 3. The van der Waals surface area contributed by atoms with Gasteiger partial charge in [-0.15, -0.1) is 26.3 Å². The topological polar surface area (TPSA) is 60.4 Å². The summed E-state index contributed by atoms with van der Waals surface area (Å²) >= 11 is 0. The van der Waals surface area contributed by atoms with Crippen molar-refractivity contribution in [2.45, 2.75) is 57.7 Å². The average molecular weight is 440 g/mol. The SMILES string of the molecule is C=CCN(CC=C)c1nc(NC2CC(C)(C)N(C)C(C)(C)C2)nc(N(CC=C)CC=C)n1. The van der Waals surface area contributed by atoms with Gasteiger partial charge in [-0.2, -0.15) is 15.0 Å². The van der Waals surface area contributed by atoms with Gasteiger partial charge in [0.05, 0.1) is 0 Å². The quantitative estimate of drug-likeness (QED) is 0.488. The Hall–Kier alpha value is -2.67. The molecule has 1 aromatic rings. The fraction of sp³-hybridized carbons (Fsp3) is 0.560. The lowest BCUT2D eigenvalue weighted by atomic mass is 9.77. The van der Waals surface area contributed by atoms with E-state index in [1.807, 2.05) is 34.1 Å². The smallest absolute Gasteiger partial charge is 0.232 e. The maximum Gasteiger partial charge on any atom is 0.232 e. The lowest BCUT2D eigenvalue weighted by Crippen LogP contribution is -2.61. The molecule has 32 heavy (non-hydrogen) atoms. The van der Waals surface area contributed by atoms with Crippen molar-refractivity contribution in [1.29, 1.82) is 0 Å². The summed E-state index contributed by atoms with van der Waals surface area (Å²) in [4.78, 5) is 20.9. The van der Waals surface area contributed by atoms with Crippen LogP contribution in [0, 0.1) is 0 Å². The third kappa shape index (κ3) is 6.19. The zero-order chi connectivity index (χ0) is 23.9. The number of anilines is 3. The molecule has 0 bridgehead atoms. The predicted octanol–water partition coefficient (Wildman–Crippen LogP) is 4.29. The molecule has 0 radical (unpaired) electrons. The van der Waals surface area contributed by atoms with Gasteiger partial charge < -0.3 is 15.1 Å². The number of rotatable bonds is 12. The normalized spacial score (nSPS) is 17.9. The molecule has 1 aromatic heterocycles. The van der Waals surface area contributed by atoms with Gasteiger partial charge in [-0.3, -0.25) is 4.90 Å². The van der Waals surface area contributed by atoms with Gasteiger partial charge in [0.2, 0.25) is 17.8 Å². The van der Waals surface area contributed by atoms with Crippen LogP contribution in [0.3, 0.4) is 0 Å². The van der Waals surface area contributed by atoms with E-state index in [1.165, 1.54) is 0 Å². The molecule has 0 aliphatic carbocycles. The molecule has 7 nitrogen and oxygen atoms in total. The van der Waals surface area contributed by atoms with E-state index in [-0.39, 0.29) is 17.1 Å². The maximum atomic E-state index is 4.79. The Labute approximate surface area is 194 Å². The van der Waals surface area contributed by atoms with Crippen LogP contribution in [0.4, 0.5) is 17.8 Å². The number of hydrogen-bond acceptors (Lipinski definition) is 7. The number of likely N-dealkylation sites (tertiary alicyclic amines) is 1. The fourth-order valence-corrected chi connectivity index (χ4v) is 4.46. The summed E-state index contributed by atoms with van der Waals surface area (Å²) < 4.78 is 0. The molecular weight excluding hydrogens is 398 g/mol. The zero-order valence-electron chi connectivity index (χ0n) is 20.6. The molecule has 2 rings (SSSR count). The first kappa shape index (κ1) is 25.6. The molecule has 176 valence electrons. The van der Waals surface area contributed by atoms with E-state index in [2.05, 4.69) is 71.3 Å². The Balaban J connectivity index is 2.45. The van der Waals surface area contributed by atoms with Crippen LogP contribution >= 0.6 is 0 Å². The van der Waals surface area contributed by atoms with Crippen LogP contribution in [-0.2, 0) is 0 Å². The number of nitrogens with zero attached hydrogens (tertiary/aromatic N) is 6. The summed E-state index contributed by atoms with van der Waals surface area (Å²) in [6.45, 7) is 27.1. The molecule has 7 heteroatoms. The van der Waals surface area contributed by atoms with E-state index in [1.54, 1.807) is 0 Å². The van der Waals surface area contributed by atoms with E-state index < -0.39 is 0 Å². The first-order valence-electron chi connectivity index (χ1n) is 11.3. The summed E-state index contributed by atoms with van der Waals surface area (Å²) in [7, 11) is 2.21. The van der Waals surface area contributed by atoms with E-state index in [4.69, 9.17) is 15.0 Å².